The Morgan fingerprint density at radius 2 is 1.32 bits per heavy atom. The van der Waals surface area contributed by atoms with Crippen LogP contribution in [-0.4, -0.2) is 30.8 Å². The molecule has 0 aliphatic heterocycles. The molecule has 194 valence electrons. The van der Waals surface area contributed by atoms with Crippen LogP contribution in [0.1, 0.15) is 22.7 Å². The Hall–Kier alpha value is -4.52. The van der Waals surface area contributed by atoms with Crippen molar-refractivity contribution in [2.45, 2.75) is 19.0 Å². The van der Waals surface area contributed by atoms with E-state index in [-0.39, 0.29) is 18.9 Å². The zero-order valence-corrected chi connectivity index (χ0v) is 21.3. The van der Waals surface area contributed by atoms with Crippen LogP contribution in [0.15, 0.2) is 103 Å². The fourth-order valence-corrected chi connectivity index (χ4v) is 4.15. The van der Waals surface area contributed by atoms with Crippen LogP contribution in [0.2, 0.25) is 0 Å². The van der Waals surface area contributed by atoms with Crippen LogP contribution in [0, 0.1) is 11.6 Å². The summed E-state index contributed by atoms with van der Waals surface area (Å²) in [4.78, 5) is 30.9. The van der Waals surface area contributed by atoms with Crippen LogP contribution in [0.4, 0.5) is 20.2 Å². The van der Waals surface area contributed by atoms with Crippen LogP contribution in [0.5, 0.6) is 0 Å². The Labute approximate surface area is 221 Å². The number of nitrogens with one attached hydrogen (secondary N) is 1. The lowest BCUT2D eigenvalue weighted by molar-refractivity contribution is -0.139. The Balaban J connectivity index is 1.71. The van der Waals surface area contributed by atoms with E-state index < -0.39 is 23.6 Å². The molecule has 4 rings (SSSR count). The molecule has 0 saturated heterocycles. The second kappa shape index (κ2) is 12.1. The molecule has 0 aliphatic carbocycles. The van der Waals surface area contributed by atoms with E-state index in [0.717, 1.165) is 11.3 Å². The minimum atomic E-state index is -1.06. The first-order valence-electron chi connectivity index (χ1n) is 12.2. The molecule has 0 aliphatic rings. The highest BCUT2D eigenvalue weighted by molar-refractivity contribution is 5.98. The number of carbonyl (C=O) groups is 2. The fourth-order valence-electron chi connectivity index (χ4n) is 4.15. The number of halogens is 2. The van der Waals surface area contributed by atoms with Gasteiger partial charge in [0.1, 0.15) is 17.7 Å². The molecule has 1 N–H and O–H groups in total. The van der Waals surface area contributed by atoms with E-state index in [0.29, 0.717) is 16.8 Å². The van der Waals surface area contributed by atoms with Crippen molar-refractivity contribution < 1.29 is 18.4 Å². The van der Waals surface area contributed by atoms with Crippen LogP contribution in [0.3, 0.4) is 0 Å². The summed E-state index contributed by atoms with van der Waals surface area (Å²) in [5, 5.41) is 2.91. The average molecular weight is 514 g/mol. The lowest BCUT2D eigenvalue weighted by Crippen LogP contribution is -2.41. The Bertz CT molecular complexity index is 1360. The molecule has 0 saturated carbocycles. The molecular formula is C31H29F2N3O2. The summed E-state index contributed by atoms with van der Waals surface area (Å²) in [6, 6.07) is 26.8. The number of carbonyl (C=O) groups excluding carboxylic acids is 2. The first kappa shape index (κ1) is 26.5. The summed E-state index contributed by atoms with van der Waals surface area (Å²) >= 11 is 0. The molecule has 0 spiro atoms. The maximum atomic E-state index is 13.8. The summed E-state index contributed by atoms with van der Waals surface area (Å²) in [6.45, 7) is 0.0565. The van der Waals surface area contributed by atoms with Gasteiger partial charge in [-0.25, -0.2) is 8.78 Å². The topological polar surface area (TPSA) is 52.7 Å². The highest BCUT2D eigenvalue weighted by Crippen LogP contribution is 2.27. The van der Waals surface area contributed by atoms with Crippen molar-refractivity contribution >= 4 is 23.2 Å². The third kappa shape index (κ3) is 6.82. The van der Waals surface area contributed by atoms with Gasteiger partial charge in [0.15, 0.2) is 0 Å². The lowest BCUT2D eigenvalue weighted by Gasteiger charge is -2.32. The second-order valence-electron chi connectivity index (χ2n) is 9.20. The standard InChI is InChI=1S/C31H29F2N3O2/c1-35(2)28-18-16-27(17-19-28)34-31(38)30(24-10-14-26(33)15-11-24)36(21-23-8-12-25(32)13-9-23)29(37)20-22-6-4-3-5-7-22/h3-19,30H,20-21H2,1-2H3,(H,34,38)/t30-/m1/s1. The normalized spacial score (nSPS) is 11.5. The predicted molar refractivity (Wildman–Crippen MR) is 146 cm³/mol. The van der Waals surface area contributed by atoms with Crippen LogP contribution < -0.4 is 10.2 Å². The fraction of sp³-hybridized carbons (Fsp3) is 0.161. The van der Waals surface area contributed by atoms with Gasteiger partial charge in [-0.1, -0.05) is 54.6 Å². The zero-order valence-electron chi connectivity index (χ0n) is 21.3. The third-order valence-corrected chi connectivity index (χ3v) is 6.18. The van der Waals surface area contributed by atoms with Crippen molar-refractivity contribution in [3.63, 3.8) is 0 Å². The molecule has 4 aromatic rings. The molecular weight excluding hydrogens is 484 g/mol. The van der Waals surface area contributed by atoms with Gasteiger partial charge in [-0.3, -0.25) is 9.59 Å². The van der Waals surface area contributed by atoms with Crippen molar-refractivity contribution in [1.82, 2.24) is 4.90 Å². The molecule has 1 atom stereocenters. The predicted octanol–water partition coefficient (Wildman–Crippen LogP) is 5.98. The minimum Gasteiger partial charge on any atom is -0.378 e. The number of rotatable bonds is 9. The molecule has 2 amide bonds. The molecule has 4 aromatic carbocycles. The highest BCUT2D eigenvalue weighted by Gasteiger charge is 2.32. The summed E-state index contributed by atoms with van der Waals surface area (Å²) in [5.74, 6) is -1.59. The number of hydrogen-bond acceptors (Lipinski definition) is 3. The first-order chi connectivity index (χ1) is 18.3. The largest absolute Gasteiger partial charge is 0.378 e. The molecule has 7 heteroatoms. The van der Waals surface area contributed by atoms with Gasteiger partial charge >= 0.3 is 0 Å². The van der Waals surface area contributed by atoms with E-state index in [1.54, 1.807) is 24.3 Å². The maximum Gasteiger partial charge on any atom is 0.251 e. The van der Waals surface area contributed by atoms with Crippen molar-refractivity contribution in [2.75, 3.05) is 24.3 Å². The van der Waals surface area contributed by atoms with Gasteiger partial charge < -0.3 is 15.1 Å². The van der Waals surface area contributed by atoms with E-state index in [1.165, 1.54) is 41.3 Å². The number of anilines is 2. The van der Waals surface area contributed by atoms with Crippen molar-refractivity contribution in [2.24, 2.45) is 0 Å². The third-order valence-electron chi connectivity index (χ3n) is 6.18. The van der Waals surface area contributed by atoms with Gasteiger partial charge in [-0.15, -0.1) is 0 Å². The Morgan fingerprint density at radius 1 is 0.737 bits per heavy atom. The monoisotopic (exact) mass is 513 g/mol. The van der Waals surface area contributed by atoms with Gasteiger partial charge in [0.05, 0.1) is 6.42 Å². The van der Waals surface area contributed by atoms with E-state index in [4.69, 9.17) is 0 Å². The molecule has 0 aromatic heterocycles. The van der Waals surface area contributed by atoms with Gasteiger partial charge in [-0.05, 0) is 65.2 Å². The van der Waals surface area contributed by atoms with Gasteiger partial charge in [-0.2, -0.15) is 0 Å². The average Bonchev–Trinajstić information content (AvgIpc) is 2.91. The number of nitrogens with zero attached hydrogens (tertiary/aromatic N) is 2. The molecule has 0 radical (unpaired) electrons. The van der Waals surface area contributed by atoms with Crippen molar-refractivity contribution in [3.05, 3.63) is 131 Å². The van der Waals surface area contributed by atoms with Crippen LogP contribution >= 0.6 is 0 Å². The van der Waals surface area contributed by atoms with E-state index in [9.17, 15) is 18.4 Å². The second-order valence-corrected chi connectivity index (χ2v) is 9.20. The Kier molecular flexibility index (Phi) is 8.48. The Morgan fingerprint density at radius 3 is 1.89 bits per heavy atom. The van der Waals surface area contributed by atoms with E-state index in [2.05, 4.69) is 5.32 Å². The number of hydrogen-bond donors (Lipinski definition) is 1. The molecule has 0 unspecified atom stereocenters. The van der Waals surface area contributed by atoms with Gasteiger partial charge in [0.2, 0.25) is 5.91 Å². The quantitative estimate of drug-likeness (QED) is 0.300. The number of benzene rings is 4. The molecule has 0 heterocycles. The minimum absolute atomic E-state index is 0.0565. The molecule has 38 heavy (non-hydrogen) atoms. The van der Waals surface area contributed by atoms with E-state index >= 15 is 0 Å². The smallest absolute Gasteiger partial charge is 0.251 e. The SMILES string of the molecule is CN(C)c1ccc(NC(=O)[C@@H](c2ccc(F)cc2)N(Cc2ccc(F)cc2)C(=O)Cc2ccccc2)cc1. The zero-order chi connectivity index (χ0) is 27.1. The summed E-state index contributed by atoms with van der Waals surface area (Å²) in [5.41, 5.74) is 3.43. The summed E-state index contributed by atoms with van der Waals surface area (Å²) in [6.07, 6.45) is 0.0601. The summed E-state index contributed by atoms with van der Waals surface area (Å²) < 4.78 is 27.4. The van der Waals surface area contributed by atoms with E-state index in [1.807, 2.05) is 61.5 Å². The maximum absolute atomic E-state index is 13.8. The van der Waals surface area contributed by atoms with Crippen LogP contribution in [-0.2, 0) is 22.6 Å². The van der Waals surface area contributed by atoms with Crippen LogP contribution in [0.25, 0.3) is 0 Å². The number of amides is 2. The summed E-state index contributed by atoms with van der Waals surface area (Å²) in [7, 11) is 3.84. The van der Waals surface area contributed by atoms with Crippen molar-refractivity contribution in [3.8, 4) is 0 Å². The van der Waals surface area contributed by atoms with Gasteiger partial charge in [0, 0.05) is 32.0 Å². The lowest BCUT2D eigenvalue weighted by atomic mass is 10.0. The van der Waals surface area contributed by atoms with Gasteiger partial charge in [0.25, 0.3) is 5.91 Å². The molecule has 0 fully saturated rings. The highest BCUT2D eigenvalue weighted by atomic mass is 19.1. The molecule has 0 bridgehead atoms. The molecule has 5 nitrogen and oxygen atoms in total. The van der Waals surface area contributed by atoms with Crippen molar-refractivity contribution in [1.29, 1.82) is 0 Å². The first-order valence-corrected chi connectivity index (χ1v) is 12.2.